The molecule has 33 heavy (non-hydrogen) atoms. The Balaban J connectivity index is 1.65. The highest BCUT2D eigenvalue weighted by atomic mass is 32.2. The fourth-order valence-electron chi connectivity index (χ4n) is 3.92. The average Bonchev–Trinajstić information content (AvgIpc) is 3.55. The zero-order valence-electron chi connectivity index (χ0n) is 16.9. The molecule has 1 amide bonds. The summed E-state index contributed by atoms with van der Waals surface area (Å²) in [6.45, 7) is -2.08. The van der Waals surface area contributed by atoms with Crippen LogP contribution in [-0.2, 0) is 5.54 Å². The van der Waals surface area contributed by atoms with Crippen molar-refractivity contribution in [1.29, 1.82) is 0 Å². The number of carbonyl (C=O) groups excluding carboxylic acids is 1. The van der Waals surface area contributed by atoms with Gasteiger partial charge in [-0.25, -0.2) is 32.5 Å². The molecule has 1 aromatic heterocycles. The molecule has 0 spiro atoms. The third kappa shape index (κ3) is 3.97. The molecular formula is C21H17F4N5O2S. The van der Waals surface area contributed by atoms with Gasteiger partial charge in [-0.3, -0.25) is 4.79 Å². The van der Waals surface area contributed by atoms with E-state index in [0.717, 1.165) is 30.1 Å². The minimum atomic E-state index is -1.90. The molecule has 1 aliphatic heterocycles. The van der Waals surface area contributed by atoms with E-state index in [1.54, 1.807) is 0 Å². The lowest BCUT2D eigenvalue weighted by atomic mass is 9.84. The van der Waals surface area contributed by atoms with E-state index in [0.29, 0.717) is 0 Å². The summed E-state index contributed by atoms with van der Waals surface area (Å²) in [7, 11) is 0. The number of thioether (sulfide) groups is 1. The number of carbonyl (C=O) groups is 1. The molecule has 12 heteroatoms. The number of rotatable bonds is 7. The van der Waals surface area contributed by atoms with Crippen LogP contribution >= 0.6 is 11.8 Å². The summed E-state index contributed by atoms with van der Waals surface area (Å²) in [5, 5.41) is 2.26. The highest BCUT2D eigenvalue weighted by molar-refractivity contribution is 8.15. The number of hydrogen-bond donors (Lipinski definition) is 2. The van der Waals surface area contributed by atoms with E-state index in [2.05, 4.69) is 26.2 Å². The van der Waals surface area contributed by atoms with Gasteiger partial charge in [0.1, 0.15) is 24.6 Å². The molecule has 1 aromatic carbocycles. The van der Waals surface area contributed by atoms with Crippen LogP contribution in [0.4, 0.5) is 23.2 Å². The molecule has 3 atom stereocenters. The quantitative estimate of drug-likeness (QED) is 0.468. The van der Waals surface area contributed by atoms with Gasteiger partial charge in [-0.2, -0.15) is 0 Å². The lowest BCUT2D eigenvalue weighted by Crippen LogP contribution is -2.41. The number of halogens is 4. The molecular weight excluding hydrogens is 462 g/mol. The van der Waals surface area contributed by atoms with Crippen LogP contribution in [0.5, 0.6) is 5.88 Å². The third-order valence-corrected chi connectivity index (χ3v) is 6.83. The van der Waals surface area contributed by atoms with Crippen molar-refractivity contribution in [3.63, 3.8) is 0 Å². The molecule has 0 radical (unpaired) electrons. The number of ether oxygens (including phenoxy) is 1. The van der Waals surface area contributed by atoms with Crippen molar-refractivity contribution in [2.75, 3.05) is 25.3 Å². The zero-order chi connectivity index (χ0) is 23.8. The third-order valence-electron chi connectivity index (χ3n) is 5.57. The van der Waals surface area contributed by atoms with Crippen LogP contribution in [0, 0.1) is 29.9 Å². The number of aliphatic imine (C=N–C) groups is 1. The van der Waals surface area contributed by atoms with E-state index >= 15 is 0 Å². The van der Waals surface area contributed by atoms with Crippen LogP contribution in [-0.4, -0.2) is 45.7 Å². The smallest absolute Gasteiger partial charge is 0.275 e. The fraction of sp³-hybridized carbons (Fsp3) is 0.333. The van der Waals surface area contributed by atoms with Gasteiger partial charge in [0, 0.05) is 23.2 Å². The Bertz CT molecular complexity index is 1170. The van der Waals surface area contributed by atoms with Crippen LogP contribution in [0.1, 0.15) is 22.5 Å². The molecule has 1 aliphatic carbocycles. The summed E-state index contributed by atoms with van der Waals surface area (Å²) in [6, 6.07) is 1.81. The number of amidine groups is 1. The Morgan fingerprint density at radius 2 is 2.09 bits per heavy atom. The Labute approximate surface area is 190 Å². The van der Waals surface area contributed by atoms with Crippen molar-refractivity contribution in [3.8, 4) is 18.2 Å². The van der Waals surface area contributed by atoms with E-state index in [4.69, 9.17) is 16.9 Å². The van der Waals surface area contributed by atoms with Gasteiger partial charge in [-0.1, -0.05) is 17.7 Å². The van der Waals surface area contributed by atoms with Crippen molar-refractivity contribution in [3.05, 3.63) is 47.4 Å². The first-order valence-corrected chi connectivity index (χ1v) is 10.5. The number of alkyl halides is 2. The lowest BCUT2D eigenvalue weighted by molar-refractivity contribution is 0.102. The van der Waals surface area contributed by atoms with E-state index < -0.39 is 52.7 Å². The van der Waals surface area contributed by atoms with E-state index in [1.165, 1.54) is 6.20 Å². The summed E-state index contributed by atoms with van der Waals surface area (Å²) >= 11 is 0.967. The summed E-state index contributed by atoms with van der Waals surface area (Å²) in [5.41, 5.74) is 3.11. The summed E-state index contributed by atoms with van der Waals surface area (Å²) in [5.74, 6) is -1.85. The number of hydrogen-bond acceptors (Lipinski definition) is 7. The van der Waals surface area contributed by atoms with Crippen LogP contribution in [0.25, 0.3) is 0 Å². The zero-order valence-corrected chi connectivity index (χ0v) is 17.8. The minimum absolute atomic E-state index is 0.0373. The first-order valence-electron chi connectivity index (χ1n) is 9.64. The van der Waals surface area contributed by atoms with Gasteiger partial charge < -0.3 is 15.8 Å². The van der Waals surface area contributed by atoms with E-state index in [-0.39, 0.29) is 35.5 Å². The van der Waals surface area contributed by atoms with Crippen LogP contribution in [0.15, 0.2) is 29.5 Å². The molecule has 172 valence electrons. The van der Waals surface area contributed by atoms with Crippen molar-refractivity contribution >= 4 is 28.5 Å². The molecule has 0 bridgehead atoms. The predicted octanol–water partition coefficient (Wildman–Crippen LogP) is 2.97. The van der Waals surface area contributed by atoms with Crippen molar-refractivity contribution < 1.29 is 27.1 Å². The van der Waals surface area contributed by atoms with Crippen molar-refractivity contribution in [2.24, 2.45) is 16.6 Å². The maximum atomic E-state index is 14.8. The number of nitrogens with one attached hydrogen (secondary N) is 1. The summed E-state index contributed by atoms with van der Waals surface area (Å²) in [6.07, 6.45) is 7.55. The highest BCUT2D eigenvalue weighted by Gasteiger charge is 2.68. The number of fused-ring (bicyclic) bond motifs is 1. The fourth-order valence-corrected chi connectivity index (χ4v) is 5.19. The molecule has 4 rings (SSSR count). The largest absolute Gasteiger partial charge is 0.463 e. The number of terminal acetylenes is 1. The standard InChI is InChI=1S/C21H17F4N5O2S/c1-2-3-32-16-8-27-14(7-28-16)18(31)29-11-4-12(17(25)13(24)5-11)21(10-23)15-6-20(15,9-22)33-19(26)30-21/h1,4-5,7-8,15H,3,6,9-10H2,(H2,26,30)(H,29,31)/t15?,20-,21?/m1/s1. The average molecular weight is 479 g/mol. The second-order valence-corrected chi connectivity index (χ2v) is 9.01. The molecule has 2 heterocycles. The minimum Gasteiger partial charge on any atom is -0.463 e. The molecule has 3 N–H and O–H groups in total. The molecule has 2 aromatic rings. The monoisotopic (exact) mass is 479 g/mol. The number of anilines is 1. The Morgan fingerprint density at radius 1 is 1.30 bits per heavy atom. The number of nitrogens with two attached hydrogens (primary N) is 1. The van der Waals surface area contributed by atoms with Gasteiger partial charge in [0.05, 0.1) is 17.1 Å². The molecule has 1 fully saturated rings. The first kappa shape index (κ1) is 22.8. The maximum Gasteiger partial charge on any atom is 0.275 e. The van der Waals surface area contributed by atoms with Crippen molar-refractivity contribution in [1.82, 2.24) is 9.97 Å². The van der Waals surface area contributed by atoms with Gasteiger partial charge in [0.15, 0.2) is 23.4 Å². The Kier molecular flexibility index (Phi) is 5.92. The maximum absolute atomic E-state index is 14.8. The number of benzene rings is 1. The summed E-state index contributed by atoms with van der Waals surface area (Å²) < 4.78 is 61.4. The molecule has 1 saturated carbocycles. The van der Waals surface area contributed by atoms with Gasteiger partial charge in [-0.05, 0) is 12.5 Å². The second kappa shape index (κ2) is 8.55. The van der Waals surface area contributed by atoms with Gasteiger partial charge in [0.2, 0.25) is 5.88 Å². The molecule has 0 saturated heterocycles. The molecule has 7 nitrogen and oxygen atoms in total. The predicted molar refractivity (Wildman–Crippen MR) is 114 cm³/mol. The van der Waals surface area contributed by atoms with Crippen molar-refractivity contribution in [2.45, 2.75) is 16.7 Å². The number of amides is 1. The summed E-state index contributed by atoms with van der Waals surface area (Å²) in [4.78, 5) is 24.3. The Hall–Kier alpha value is -3.33. The van der Waals surface area contributed by atoms with Gasteiger partial charge >= 0.3 is 0 Å². The van der Waals surface area contributed by atoms with Crippen LogP contribution in [0.3, 0.4) is 0 Å². The van der Waals surface area contributed by atoms with Crippen LogP contribution < -0.4 is 15.8 Å². The van der Waals surface area contributed by atoms with Gasteiger partial charge in [0.25, 0.3) is 5.91 Å². The second-order valence-electron chi connectivity index (χ2n) is 7.57. The lowest BCUT2D eigenvalue weighted by Gasteiger charge is -2.34. The Morgan fingerprint density at radius 3 is 2.73 bits per heavy atom. The van der Waals surface area contributed by atoms with E-state index in [1.807, 2.05) is 0 Å². The SMILES string of the molecule is C#CCOc1cnc(C(=O)Nc2cc(F)c(F)c(C3(CF)N=C(N)S[C@@]4(CF)CC34)c2)cn1. The topological polar surface area (TPSA) is 102 Å². The van der Waals surface area contributed by atoms with Crippen LogP contribution in [0.2, 0.25) is 0 Å². The molecule has 2 aliphatic rings. The van der Waals surface area contributed by atoms with E-state index in [9.17, 15) is 22.4 Å². The first-order chi connectivity index (χ1) is 15.8. The number of aromatic nitrogens is 2. The number of nitrogens with zero attached hydrogens (tertiary/aromatic N) is 3. The normalized spacial score (nSPS) is 25.4. The highest BCUT2D eigenvalue weighted by Crippen LogP contribution is 2.66. The molecule has 2 unspecified atom stereocenters. The van der Waals surface area contributed by atoms with Gasteiger partial charge in [-0.15, -0.1) is 6.42 Å².